The van der Waals surface area contributed by atoms with E-state index in [1.54, 1.807) is 18.4 Å². The molecule has 1 fully saturated rings. The quantitative estimate of drug-likeness (QED) is 0.701. The molecule has 0 atom stereocenters. The lowest BCUT2D eigenvalue weighted by molar-refractivity contribution is 0.102. The number of hydrogen-bond acceptors (Lipinski definition) is 4. The molecule has 26 heavy (non-hydrogen) atoms. The summed E-state index contributed by atoms with van der Waals surface area (Å²) in [4.78, 5) is 19.8. The number of nitrogens with zero attached hydrogens (tertiary/aromatic N) is 1. The van der Waals surface area contributed by atoms with E-state index in [9.17, 15) is 4.79 Å². The Labute approximate surface area is 157 Å². The molecular formula is C20H23N3O2S. The minimum atomic E-state index is -0.122. The van der Waals surface area contributed by atoms with Gasteiger partial charge in [0.1, 0.15) is 11.4 Å². The molecule has 0 saturated carbocycles. The molecule has 136 valence electrons. The number of ether oxygens (including phenoxy) is 1. The van der Waals surface area contributed by atoms with E-state index in [0.29, 0.717) is 5.69 Å². The van der Waals surface area contributed by atoms with E-state index in [1.807, 2.05) is 30.3 Å². The van der Waals surface area contributed by atoms with Crippen molar-refractivity contribution in [3.05, 3.63) is 46.5 Å². The summed E-state index contributed by atoms with van der Waals surface area (Å²) in [5.41, 5.74) is 3.79. The van der Waals surface area contributed by atoms with E-state index in [2.05, 4.69) is 22.1 Å². The van der Waals surface area contributed by atoms with Crippen molar-refractivity contribution in [2.24, 2.45) is 0 Å². The van der Waals surface area contributed by atoms with E-state index in [4.69, 9.17) is 4.74 Å². The van der Waals surface area contributed by atoms with Crippen LogP contribution in [0.4, 0.5) is 5.69 Å². The van der Waals surface area contributed by atoms with Crippen molar-refractivity contribution >= 4 is 33.1 Å². The Morgan fingerprint density at radius 2 is 2.00 bits per heavy atom. The Morgan fingerprint density at radius 1 is 1.27 bits per heavy atom. The van der Waals surface area contributed by atoms with Crippen LogP contribution in [0.25, 0.3) is 10.2 Å². The van der Waals surface area contributed by atoms with Gasteiger partial charge >= 0.3 is 0 Å². The zero-order valence-electron chi connectivity index (χ0n) is 15.1. The van der Waals surface area contributed by atoms with Crippen LogP contribution in [0.3, 0.4) is 0 Å². The average Bonchev–Trinajstić information content (AvgIpc) is 3.35. The van der Waals surface area contributed by atoms with Gasteiger partial charge in [-0.05, 0) is 63.2 Å². The molecule has 1 aliphatic heterocycles. The number of carbonyl (C=O) groups is 1. The Bertz CT molecular complexity index is 921. The molecule has 1 amide bonds. The first-order valence-corrected chi connectivity index (χ1v) is 9.74. The highest BCUT2D eigenvalue weighted by Crippen LogP contribution is 2.33. The van der Waals surface area contributed by atoms with Crippen molar-refractivity contribution in [3.63, 3.8) is 0 Å². The first-order chi connectivity index (χ1) is 12.6. The summed E-state index contributed by atoms with van der Waals surface area (Å²) in [6.45, 7) is 5.47. The SMILES string of the molecule is COc1ccc(NC(=O)c2cc3sc(C)c(CN4CCCC4)c3[nH]2)cc1. The summed E-state index contributed by atoms with van der Waals surface area (Å²) in [5.74, 6) is 0.647. The molecule has 4 rings (SSSR count). The highest BCUT2D eigenvalue weighted by molar-refractivity contribution is 7.19. The summed E-state index contributed by atoms with van der Waals surface area (Å²) in [7, 11) is 1.63. The summed E-state index contributed by atoms with van der Waals surface area (Å²) in [6.07, 6.45) is 2.57. The second-order valence-electron chi connectivity index (χ2n) is 6.72. The Balaban J connectivity index is 1.54. The van der Waals surface area contributed by atoms with Gasteiger partial charge in [0.25, 0.3) is 5.91 Å². The molecule has 5 nitrogen and oxygen atoms in total. The van der Waals surface area contributed by atoms with E-state index >= 15 is 0 Å². The number of aromatic nitrogens is 1. The van der Waals surface area contributed by atoms with Crippen molar-refractivity contribution in [3.8, 4) is 5.75 Å². The molecule has 0 unspecified atom stereocenters. The van der Waals surface area contributed by atoms with Crippen molar-refractivity contribution in [1.29, 1.82) is 0 Å². The Kier molecular flexibility index (Phi) is 4.70. The number of aromatic amines is 1. The number of benzene rings is 1. The maximum Gasteiger partial charge on any atom is 0.272 e. The molecular weight excluding hydrogens is 346 g/mol. The fourth-order valence-corrected chi connectivity index (χ4v) is 4.57. The number of fused-ring (bicyclic) bond motifs is 1. The zero-order chi connectivity index (χ0) is 18.1. The topological polar surface area (TPSA) is 57.4 Å². The van der Waals surface area contributed by atoms with E-state index in [-0.39, 0.29) is 5.91 Å². The minimum absolute atomic E-state index is 0.122. The summed E-state index contributed by atoms with van der Waals surface area (Å²) in [5, 5.41) is 2.94. The zero-order valence-corrected chi connectivity index (χ0v) is 15.9. The molecule has 3 aromatic rings. The number of anilines is 1. The van der Waals surface area contributed by atoms with E-state index in [1.165, 1.54) is 36.4 Å². The van der Waals surface area contributed by atoms with Gasteiger partial charge in [0.05, 0.1) is 17.3 Å². The highest BCUT2D eigenvalue weighted by Gasteiger charge is 2.19. The predicted molar refractivity (Wildman–Crippen MR) is 106 cm³/mol. The van der Waals surface area contributed by atoms with Crippen LogP contribution in [-0.2, 0) is 6.54 Å². The highest BCUT2D eigenvalue weighted by atomic mass is 32.1. The number of H-pyrrole nitrogens is 1. The first kappa shape index (κ1) is 17.1. The molecule has 3 heterocycles. The molecule has 0 spiro atoms. The summed E-state index contributed by atoms with van der Waals surface area (Å²) >= 11 is 1.76. The number of methoxy groups -OCH3 is 1. The second-order valence-corrected chi connectivity index (χ2v) is 7.98. The van der Waals surface area contributed by atoms with Gasteiger partial charge in [-0.2, -0.15) is 0 Å². The molecule has 2 N–H and O–H groups in total. The lowest BCUT2D eigenvalue weighted by Gasteiger charge is -2.14. The van der Waals surface area contributed by atoms with Crippen LogP contribution in [0.2, 0.25) is 0 Å². The van der Waals surface area contributed by atoms with Gasteiger partial charge in [-0.25, -0.2) is 0 Å². The molecule has 1 aliphatic rings. The number of hydrogen-bond donors (Lipinski definition) is 2. The van der Waals surface area contributed by atoms with Crippen molar-refractivity contribution in [1.82, 2.24) is 9.88 Å². The van der Waals surface area contributed by atoms with E-state index in [0.717, 1.165) is 28.2 Å². The standard InChI is InChI=1S/C20H23N3O2S/c1-13-16(12-23-9-3-4-10-23)19-18(26-13)11-17(22-19)20(24)21-14-5-7-15(25-2)8-6-14/h5-8,11,22H,3-4,9-10,12H2,1-2H3,(H,21,24). The third-order valence-corrected chi connectivity index (χ3v) is 6.04. The number of thiophene rings is 1. The van der Waals surface area contributed by atoms with Gasteiger partial charge in [0.2, 0.25) is 0 Å². The molecule has 2 aromatic heterocycles. The molecule has 1 aromatic carbocycles. The first-order valence-electron chi connectivity index (χ1n) is 8.93. The van der Waals surface area contributed by atoms with Crippen LogP contribution in [0, 0.1) is 6.92 Å². The van der Waals surface area contributed by atoms with Gasteiger partial charge in [0.15, 0.2) is 0 Å². The fraction of sp³-hybridized carbons (Fsp3) is 0.350. The summed E-state index contributed by atoms with van der Waals surface area (Å²) in [6, 6.07) is 9.30. The lowest BCUT2D eigenvalue weighted by Crippen LogP contribution is -2.18. The largest absolute Gasteiger partial charge is 0.497 e. The fourth-order valence-electron chi connectivity index (χ4n) is 3.49. The second kappa shape index (κ2) is 7.13. The minimum Gasteiger partial charge on any atom is -0.497 e. The van der Waals surface area contributed by atoms with Gasteiger partial charge in [0, 0.05) is 22.7 Å². The monoisotopic (exact) mass is 369 g/mol. The molecule has 6 heteroatoms. The van der Waals surface area contributed by atoms with Crippen molar-refractivity contribution in [2.45, 2.75) is 26.3 Å². The van der Waals surface area contributed by atoms with Gasteiger partial charge < -0.3 is 15.0 Å². The number of likely N-dealkylation sites (tertiary alicyclic amines) is 1. The number of rotatable bonds is 5. The third-order valence-electron chi connectivity index (χ3n) is 4.94. The third kappa shape index (κ3) is 3.34. The number of carbonyl (C=O) groups excluding carboxylic acids is 1. The van der Waals surface area contributed by atoms with Crippen LogP contribution in [0.1, 0.15) is 33.8 Å². The molecule has 0 aliphatic carbocycles. The summed E-state index contributed by atoms with van der Waals surface area (Å²) < 4.78 is 6.30. The average molecular weight is 369 g/mol. The van der Waals surface area contributed by atoms with Crippen LogP contribution >= 0.6 is 11.3 Å². The van der Waals surface area contributed by atoms with Gasteiger partial charge in [-0.15, -0.1) is 11.3 Å². The Hall–Kier alpha value is -2.31. The lowest BCUT2D eigenvalue weighted by atomic mass is 10.2. The van der Waals surface area contributed by atoms with Gasteiger partial charge in [-0.3, -0.25) is 9.69 Å². The van der Waals surface area contributed by atoms with Crippen LogP contribution < -0.4 is 10.1 Å². The number of nitrogens with one attached hydrogen (secondary N) is 2. The van der Waals surface area contributed by atoms with E-state index < -0.39 is 0 Å². The van der Waals surface area contributed by atoms with Gasteiger partial charge in [-0.1, -0.05) is 0 Å². The molecule has 0 radical (unpaired) electrons. The van der Waals surface area contributed by atoms with Crippen molar-refractivity contribution < 1.29 is 9.53 Å². The maximum atomic E-state index is 12.6. The maximum absolute atomic E-state index is 12.6. The predicted octanol–water partition coefficient (Wildman–Crippen LogP) is 4.39. The van der Waals surface area contributed by atoms with Crippen molar-refractivity contribution in [2.75, 3.05) is 25.5 Å². The number of aryl methyl sites for hydroxylation is 1. The smallest absolute Gasteiger partial charge is 0.272 e. The molecule has 0 bridgehead atoms. The number of amides is 1. The normalized spacial score (nSPS) is 14.8. The van der Waals surface area contributed by atoms with Crippen LogP contribution in [-0.4, -0.2) is 36.0 Å². The molecule has 1 saturated heterocycles. The van der Waals surface area contributed by atoms with Crippen LogP contribution in [0.5, 0.6) is 5.75 Å². The van der Waals surface area contributed by atoms with Crippen LogP contribution in [0.15, 0.2) is 30.3 Å². The Morgan fingerprint density at radius 3 is 2.69 bits per heavy atom.